The van der Waals surface area contributed by atoms with Crippen LogP contribution in [0.2, 0.25) is 0 Å². The van der Waals surface area contributed by atoms with Crippen molar-refractivity contribution in [2.75, 3.05) is 24.5 Å². The number of nitrogens with one attached hydrogen (secondary N) is 2. The second-order valence-electron chi connectivity index (χ2n) is 5.82. The quantitative estimate of drug-likeness (QED) is 0.877. The van der Waals surface area contributed by atoms with Gasteiger partial charge in [-0.25, -0.2) is 4.39 Å². The van der Waals surface area contributed by atoms with Gasteiger partial charge in [0.25, 0.3) is 0 Å². The predicted molar refractivity (Wildman–Crippen MR) is 80.9 cm³/mol. The van der Waals surface area contributed by atoms with Crippen molar-refractivity contribution in [3.8, 4) is 0 Å². The van der Waals surface area contributed by atoms with Crippen molar-refractivity contribution in [3.63, 3.8) is 0 Å². The summed E-state index contributed by atoms with van der Waals surface area (Å²) in [5, 5.41) is 6.05. The van der Waals surface area contributed by atoms with Crippen molar-refractivity contribution in [2.45, 2.75) is 25.3 Å². The second kappa shape index (κ2) is 6.44. The van der Waals surface area contributed by atoms with Gasteiger partial charge in [0.1, 0.15) is 11.9 Å². The van der Waals surface area contributed by atoms with Gasteiger partial charge in [-0.15, -0.1) is 0 Å². The summed E-state index contributed by atoms with van der Waals surface area (Å²) in [7, 11) is 0. The Bertz CT molecular complexity index is 572. The molecule has 1 aromatic carbocycles. The number of hydrogen-bond acceptors (Lipinski definition) is 3. The van der Waals surface area contributed by atoms with E-state index in [1.54, 1.807) is 18.2 Å². The molecule has 0 aromatic heterocycles. The first-order valence-corrected chi connectivity index (χ1v) is 7.74. The summed E-state index contributed by atoms with van der Waals surface area (Å²) in [6.07, 6.45) is 2.11. The Morgan fingerprint density at radius 2 is 1.95 bits per heavy atom. The first-order valence-electron chi connectivity index (χ1n) is 7.74. The zero-order valence-corrected chi connectivity index (χ0v) is 12.3. The Morgan fingerprint density at radius 1 is 1.23 bits per heavy atom. The molecule has 0 spiro atoms. The minimum absolute atomic E-state index is 0.0310. The summed E-state index contributed by atoms with van der Waals surface area (Å²) in [5.74, 6) is -0.736. The molecule has 118 valence electrons. The van der Waals surface area contributed by atoms with E-state index in [0.29, 0.717) is 13.0 Å². The maximum atomic E-state index is 13.8. The number of benzene rings is 1. The van der Waals surface area contributed by atoms with Crippen LogP contribution in [0, 0.1) is 11.7 Å². The van der Waals surface area contributed by atoms with Crippen LogP contribution in [0.15, 0.2) is 24.3 Å². The number of hydrogen-bond donors (Lipinski definition) is 2. The molecule has 5 nitrogen and oxygen atoms in total. The number of rotatable bonds is 3. The molecule has 2 N–H and O–H groups in total. The van der Waals surface area contributed by atoms with E-state index in [1.165, 1.54) is 11.0 Å². The smallest absolute Gasteiger partial charge is 0.249 e. The average Bonchev–Trinajstić information content (AvgIpc) is 2.90. The molecule has 1 atom stereocenters. The first-order chi connectivity index (χ1) is 10.7. The maximum absolute atomic E-state index is 13.8. The molecule has 2 saturated heterocycles. The van der Waals surface area contributed by atoms with Gasteiger partial charge in [-0.1, -0.05) is 12.1 Å². The lowest BCUT2D eigenvalue weighted by Gasteiger charge is -2.23. The van der Waals surface area contributed by atoms with Crippen molar-refractivity contribution >= 4 is 17.5 Å². The molecule has 0 saturated carbocycles. The molecule has 0 radical (unpaired) electrons. The number of carbonyl (C=O) groups excluding carboxylic acids is 2. The molecule has 3 rings (SSSR count). The molecular weight excluding hydrogens is 285 g/mol. The lowest BCUT2D eigenvalue weighted by molar-refractivity contribution is -0.129. The highest BCUT2D eigenvalue weighted by Crippen LogP contribution is 2.24. The molecule has 2 heterocycles. The summed E-state index contributed by atoms with van der Waals surface area (Å²) in [4.78, 5) is 26.1. The summed E-state index contributed by atoms with van der Waals surface area (Å²) in [6.45, 7) is 2.09. The molecule has 2 aliphatic heterocycles. The van der Waals surface area contributed by atoms with Gasteiger partial charge in [0.2, 0.25) is 11.8 Å². The highest BCUT2D eigenvalue weighted by Gasteiger charge is 2.35. The van der Waals surface area contributed by atoms with Crippen LogP contribution in [-0.2, 0) is 9.59 Å². The monoisotopic (exact) mass is 305 g/mol. The van der Waals surface area contributed by atoms with Crippen molar-refractivity contribution in [3.05, 3.63) is 30.1 Å². The van der Waals surface area contributed by atoms with Crippen LogP contribution >= 0.6 is 0 Å². The Kier molecular flexibility index (Phi) is 4.38. The van der Waals surface area contributed by atoms with Crippen LogP contribution in [0.3, 0.4) is 0 Å². The van der Waals surface area contributed by atoms with E-state index in [0.717, 1.165) is 25.9 Å². The van der Waals surface area contributed by atoms with Crippen LogP contribution in [-0.4, -0.2) is 37.5 Å². The standard InChI is InChI=1S/C16H20FN3O2/c17-12-3-1-2-4-14(12)20-10-7-13(16(20)22)19-15(21)11-5-8-18-9-6-11/h1-4,11,13,18H,5-10H2,(H,19,21). The van der Waals surface area contributed by atoms with E-state index < -0.39 is 11.9 Å². The molecule has 2 amide bonds. The summed E-state index contributed by atoms with van der Waals surface area (Å²) in [5.41, 5.74) is 0.283. The van der Waals surface area contributed by atoms with Gasteiger partial charge in [0, 0.05) is 12.5 Å². The Hall–Kier alpha value is -1.95. The van der Waals surface area contributed by atoms with Crippen LogP contribution in [0.5, 0.6) is 0 Å². The van der Waals surface area contributed by atoms with Crippen LogP contribution in [0.25, 0.3) is 0 Å². The van der Waals surface area contributed by atoms with Gasteiger partial charge in [-0.2, -0.15) is 0 Å². The topological polar surface area (TPSA) is 61.4 Å². The molecule has 1 aromatic rings. The number of carbonyl (C=O) groups is 2. The Labute approximate surface area is 128 Å². The predicted octanol–water partition coefficient (Wildman–Crippen LogP) is 1.05. The zero-order valence-electron chi connectivity index (χ0n) is 12.3. The van der Waals surface area contributed by atoms with Crippen molar-refractivity contribution in [2.24, 2.45) is 5.92 Å². The highest BCUT2D eigenvalue weighted by molar-refractivity contribution is 6.01. The van der Waals surface area contributed by atoms with Crippen LogP contribution in [0.1, 0.15) is 19.3 Å². The highest BCUT2D eigenvalue weighted by atomic mass is 19.1. The first kappa shape index (κ1) is 15.0. The van der Waals surface area contributed by atoms with E-state index in [4.69, 9.17) is 0 Å². The van der Waals surface area contributed by atoms with Gasteiger partial charge < -0.3 is 15.5 Å². The molecule has 6 heteroatoms. The minimum Gasteiger partial charge on any atom is -0.344 e. The lowest BCUT2D eigenvalue weighted by atomic mass is 9.97. The van der Waals surface area contributed by atoms with Crippen molar-refractivity contribution in [1.29, 1.82) is 0 Å². The number of amides is 2. The fourth-order valence-corrected chi connectivity index (χ4v) is 3.10. The third-order valence-electron chi connectivity index (χ3n) is 4.38. The summed E-state index contributed by atoms with van der Waals surface area (Å²) >= 11 is 0. The number of para-hydroxylation sites is 1. The number of nitrogens with zero attached hydrogens (tertiary/aromatic N) is 1. The average molecular weight is 305 g/mol. The lowest BCUT2D eigenvalue weighted by Crippen LogP contribution is -2.46. The van der Waals surface area contributed by atoms with E-state index in [1.807, 2.05) is 0 Å². The van der Waals surface area contributed by atoms with Crippen LogP contribution < -0.4 is 15.5 Å². The third-order valence-corrected chi connectivity index (χ3v) is 4.38. The molecule has 0 aliphatic carbocycles. The van der Waals surface area contributed by atoms with E-state index in [-0.39, 0.29) is 23.4 Å². The SMILES string of the molecule is O=C(NC1CCN(c2ccccc2F)C1=O)C1CCNCC1. The van der Waals surface area contributed by atoms with E-state index >= 15 is 0 Å². The molecule has 22 heavy (non-hydrogen) atoms. The fourth-order valence-electron chi connectivity index (χ4n) is 3.10. The van der Waals surface area contributed by atoms with Gasteiger partial charge in [0.15, 0.2) is 0 Å². The Morgan fingerprint density at radius 3 is 2.68 bits per heavy atom. The summed E-state index contributed by atoms with van der Waals surface area (Å²) < 4.78 is 13.8. The van der Waals surface area contributed by atoms with Gasteiger partial charge in [0.05, 0.1) is 5.69 Å². The van der Waals surface area contributed by atoms with Crippen LogP contribution in [0.4, 0.5) is 10.1 Å². The molecule has 0 bridgehead atoms. The van der Waals surface area contributed by atoms with E-state index in [2.05, 4.69) is 10.6 Å². The number of piperidine rings is 1. The van der Waals surface area contributed by atoms with E-state index in [9.17, 15) is 14.0 Å². The second-order valence-corrected chi connectivity index (χ2v) is 5.82. The van der Waals surface area contributed by atoms with Crippen molar-refractivity contribution in [1.82, 2.24) is 10.6 Å². The normalized spacial score (nSPS) is 22.9. The minimum atomic E-state index is -0.540. The van der Waals surface area contributed by atoms with Gasteiger partial charge in [-0.3, -0.25) is 9.59 Å². The van der Waals surface area contributed by atoms with Gasteiger partial charge in [-0.05, 0) is 44.5 Å². The Balaban J connectivity index is 1.64. The summed E-state index contributed by atoms with van der Waals surface area (Å²) in [6, 6.07) is 5.68. The molecular formula is C16H20FN3O2. The largest absolute Gasteiger partial charge is 0.344 e. The molecule has 2 aliphatic rings. The maximum Gasteiger partial charge on any atom is 0.249 e. The van der Waals surface area contributed by atoms with Crippen molar-refractivity contribution < 1.29 is 14.0 Å². The number of halogens is 1. The van der Waals surface area contributed by atoms with Gasteiger partial charge >= 0.3 is 0 Å². The third kappa shape index (κ3) is 2.97. The molecule has 1 unspecified atom stereocenters. The fraction of sp³-hybridized carbons (Fsp3) is 0.500. The molecule has 2 fully saturated rings. The number of anilines is 1. The zero-order chi connectivity index (χ0) is 15.5.